The van der Waals surface area contributed by atoms with E-state index in [0.29, 0.717) is 30.1 Å². The summed E-state index contributed by atoms with van der Waals surface area (Å²) in [6.07, 6.45) is 2.40. The highest BCUT2D eigenvalue weighted by Gasteiger charge is 2.33. The van der Waals surface area contributed by atoms with E-state index >= 15 is 0 Å². The Balaban J connectivity index is 1.47. The van der Waals surface area contributed by atoms with Gasteiger partial charge in [0.15, 0.2) is 0 Å². The number of amides is 1. The molecule has 1 fully saturated rings. The highest BCUT2D eigenvalue weighted by atomic mass is 35.5. The number of hydrogen-bond acceptors (Lipinski definition) is 7. The summed E-state index contributed by atoms with van der Waals surface area (Å²) < 4.78 is 32.8. The molecule has 1 N–H and O–H groups in total. The lowest BCUT2D eigenvalue weighted by molar-refractivity contribution is -0.120. The zero-order valence-corrected chi connectivity index (χ0v) is 18.2. The van der Waals surface area contributed by atoms with Crippen LogP contribution in [0, 0.1) is 12.8 Å². The molecule has 11 heteroatoms. The summed E-state index contributed by atoms with van der Waals surface area (Å²) in [7, 11) is -3.85. The molecule has 0 saturated carbocycles. The number of rotatable bonds is 5. The van der Waals surface area contributed by atoms with Crippen LogP contribution in [0.15, 0.2) is 52.0 Å². The van der Waals surface area contributed by atoms with Crippen molar-refractivity contribution in [3.63, 3.8) is 0 Å². The molecular formula is C20H20ClN5O4S. The fourth-order valence-corrected chi connectivity index (χ4v) is 5.39. The number of carbonyl (C=O) groups excluding carboxylic acids is 1. The monoisotopic (exact) mass is 461 g/mol. The number of piperidine rings is 1. The van der Waals surface area contributed by atoms with E-state index in [1.165, 1.54) is 16.4 Å². The first-order valence-corrected chi connectivity index (χ1v) is 11.5. The minimum atomic E-state index is -3.85. The van der Waals surface area contributed by atoms with E-state index in [0.717, 1.165) is 0 Å². The Morgan fingerprint density at radius 3 is 2.65 bits per heavy atom. The second-order valence-electron chi connectivity index (χ2n) is 7.16. The first-order valence-electron chi connectivity index (χ1n) is 9.67. The van der Waals surface area contributed by atoms with Gasteiger partial charge in [-0.05, 0) is 43.2 Å². The molecule has 9 nitrogen and oxygen atoms in total. The van der Waals surface area contributed by atoms with Crippen LogP contribution < -0.4 is 5.32 Å². The van der Waals surface area contributed by atoms with Crippen LogP contribution in [0.2, 0.25) is 5.02 Å². The quantitative estimate of drug-likeness (QED) is 0.619. The van der Waals surface area contributed by atoms with Gasteiger partial charge in [-0.15, -0.1) is 0 Å². The van der Waals surface area contributed by atoms with Gasteiger partial charge in [-0.1, -0.05) is 22.8 Å². The van der Waals surface area contributed by atoms with Crippen LogP contribution in [0.1, 0.15) is 18.7 Å². The summed E-state index contributed by atoms with van der Waals surface area (Å²) in [4.78, 5) is 20.7. The van der Waals surface area contributed by atoms with Crippen molar-refractivity contribution in [1.82, 2.24) is 19.4 Å². The van der Waals surface area contributed by atoms with Crippen molar-refractivity contribution in [3.05, 3.63) is 53.5 Å². The van der Waals surface area contributed by atoms with Gasteiger partial charge in [-0.3, -0.25) is 4.79 Å². The second-order valence-corrected chi connectivity index (χ2v) is 9.48. The molecular weight excluding hydrogens is 442 g/mol. The standard InChI is InChI=1S/C20H20ClN5O4S/c1-13-23-19(25-30-13)15-5-6-16(21)17(12-15)31(28,29)26-10-7-14(8-11-26)20(27)24-18-4-2-3-9-22-18/h2-6,9,12,14H,7-8,10-11H2,1H3,(H,22,24,27). The van der Waals surface area contributed by atoms with E-state index in [2.05, 4.69) is 20.4 Å². The Bertz CT molecular complexity index is 1190. The SMILES string of the molecule is Cc1nc(-c2ccc(Cl)c(S(=O)(=O)N3CCC(C(=O)Nc4ccccn4)CC3)c2)no1. The lowest BCUT2D eigenvalue weighted by Gasteiger charge is -2.30. The minimum absolute atomic E-state index is 0.0227. The lowest BCUT2D eigenvalue weighted by Crippen LogP contribution is -2.41. The number of nitrogens with one attached hydrogen (secondary N) is 1. The molecule has 2 aromatic heterocycles. The van der Waals surface area contributed by atoms with Crippen molar-refractivity contribution in [1.29, 1.82) is 0 Å². The molecule has 1 amide bonds. The largest absolute Gasteiger partial charge is 0.339 e. The summed E-state index contributed by atoms with van der Waals surface area (Å²) in [5.41, 5.74) is 0.490. The first-order chi connectivity index (χ1) is 14.8. The van der Waals surface area contributed by atoms with Gasteiger partial charge in [-0.25, -0.2) is 13.4 Å². The fraction of sp³-hybridized carbons (Fsp3) is 0.300. The van der Waals surface area contributed by atoms with E-state index in [9.17, 15) is 13.2 Å². The van der Waals surface area contributed by atoms with Gasteiger partial charge in [0, 0.05) is 37.7 Å². The zero-order chi connectivity index (χ0) is 22.0. The fourth-order valence-electron chi connectivity index (χ4n) is 3.42. The molecule has 31 heavy (non-hydrogen) atoms. The highest BCUT2D eigenvalue weighted by molar-refractivity contribution is 7.89. The van der Waals surface area contributed by atoms with Crippen molar-refractivity contribution < 1.29 is 17.7 Å². The summed E-state index contributed by atoms with van der Waals surface area (Å²) in [5.74, 6) is 0.680. The second kappa shape index (κ2) is 8.74. The molecule has 162 valence electrons. The number of halogens is 1. The number of aromatic nitrogens is 3. The average Bonchev–Trinajstić information content (AvgIpc) is 3.21. The van der Waals surface area contributed by atoms with E-state index in [-0.39, 0.29) is 40.7 Å². The van der Waals surface area contributed by atoms with Crippen LogP contribution in [0.3, 0.4) is 0 Å². The van der Waals surface area contributed by atoms with Gasteiger partial charge in [0.2, 0.25) is 27.6 Å². The maximum Gasteiger partial charge on any atom is 0.244 e. The van der Waals surface area contributed by atoms with Gasteiger partial charge < -0.3 is 9.84 Å². The molecule has 4 rings (SSSR count). The van der Waals surface area contributed by atoms with Gasteiger partial charge in [0.25, 0.3) is 0 Å². The van der Waals surface area contributed by atoms with Crippen LogP contribution in [0.25, 0.3) is 11.4 Å². The Hall–Kier alpha value is -2.82. The van der Waals surface area contributed by atoms with Gasteiger partial charge in [-0.2, -0.15) is 9.29 Å². The van der Waals surface area contributed by atoms with Gasteiger partial charge >= 0.3 is 0 Å². The van der Waals surface area contributed by atoms with Crippen molar-refractivity contribution in [2.75, 3.05) is 18.4 Å². The molecule has 1 aliphatic heterocycles. The Morgan fingerprint density at radius 2 is 2.00 bits per heavy atom. The number of pyridine rings is 1. The third-order valence-electron chi connectivity index (χ3n) is 5.08. The lowest BCUT2D eigenvalue weighted by atomic mass is 9.97. The molecule has 0 aliphatic carbocycles. The van der Waals surface area contributed by atoms with Crippen molar-refractivity contribution in [2.45, 2.75) is 24.7 Å². The zero-order valence-electron chi connectivity index (χ0n) is 16.7. The minimum Gasteiger partial charge on any atom is -0.339 e. The molecule has 1 saturated heterocycles. The number of hydrogen-bond donors (Lipinski definition) is 1. The van der Waals surface area contributed by atoms with E-state index in [4.69, 9.17) is 16.1 Å². The van der Waals surface area contributed by atoms with Gasteiger partial charge in [0.1, 0.15) is 10.7 Å². The summed E-state index contributed by atoms with van der Waals surface area (Å²) in [6.45, 7) is 2.08. The number of carbonyl (C=O) groups is 1. The van der Waals surface area contributed by atoms with Crippen LogP contribution in [0.4, 0.5) is 5.82 Å². The Morgan fingerprint density at radius 1 is 1.23 bits per heavy atom. The van der Waals surface area contributed by atoms with Crippen LogP contribution in [-0.4, -0.2) is 46.8 Å². The Labute approximate surface area is 184 Å². The molecule has 1 aromatic carbocycles. The third kappa shape index (κ3) is 4.60. The molecule has 0 bridgehead atoms. The third-order valence-corrected chi connectivity index (χ3v) is 7.46. The summed E-state index contributed by atoms with van der Waals surface area (Å²) in [6, 6.07) is 9.84. The van der Waals surface area contributed by atoms with Gasteiger partial charge in [0.05, 0.1) is 5.02 Å². The predicted molar refractivity (Wildman–Crippen MR) is 114 cm³/mol. The maximum absolute atomic E-state index is 13.2. The van der Waals surface area contributed by atoms with Crippen LogP contribution in [0.5, 0.6) is 0 Å². The van der Waals surface area contributed by atoms with Crippen molar-refractivity contribution in [3.8, 4) is 11.4 Å². The van der Waals surface area contributed by atoms with Crippen LogP contribution >= 0.6 is 11.6 Å². The smallest absolute Gasteiger partial charge is 0.244 e. The number of anilines is 1. The number of sulfonamides is 1. The van der Waals surface area contributed by atoms with E-state index in [1.54, 1.807) is 37.4 Å². The molecule has 1 aliphatic rings. The summed E-state index contributed by atoms with van der Waals surface area (Å²) >= 11 is 6.22. The van der Waals surface area contributed by atoms with E-state index < -0.39 is 10.0 Å². The number of nitrogens with zero attached hydrogens (tertiary/aromatic N) is 4. The van der Waals surface area contributed by atoms with Crippen molar-refractivity contribution >= 4 is 33.3 Å². The molecule has 0 radical (unpaired) electrons. The molecule has 3 aromatic rings. The molecule has 3 heterocycles. The molecule has 0 atom stereocenters. The maximum atomic E-state index is 13.2. The molecule has 0 spiro atoms. The topological polar surface area (TPSA) is 118 Å². The number of aryl methyl sites for hydroxylation is 1. The number of benzene rings is 1. The Kier molecular flexibility index (Phi) is 6.03. The molecule has 0 unspecified atom stereocenters. The normalized spacial score (nSPS) is 15.7. The predicted octanol–water partition coefficient (Wildman–Crippen LogP) is 3.13. The first kappa shape index (κ1) is 21.4. The van der Waals surface area contributed by atoms with Crippen LogP contribution in [-0.2, 0) is 14.8 Å². The average molecular weight is 462 g/mol. The highest BCUT2D eigenvalue weighted by Crippen LogP contribution is 2.31. The van der Waals surface area contributed by atoms with E-state index in [1.807, 2.05) is 0 Å². The van der Waals surface area contributed by atoms with Crippen molar-refractivity contribution in [2.24, 2.45) is 5.92 Å². The summed E-state index contributed by atoms with van der Waals surface area (Å²) in [5, 5.41) is 6.71.